The Morgan fingerprint density at radius 1 is 0.893 bits per heavy atom. The zero-order valence-corrected chi connectivity index (χ0v) is 17.6. The van der Waals surface area contributed by atoms with Crippen molar-refractivity contribution in [2.24, 2.45) is 17.8 Å². The molecule has 0 atom stereocenters. The van der Waals surface area contributed by atoms with Gasteiger partial charge in [0.05, 0.1) is 6.61 Å². The Balaban J connectivity index is 1.44. The second-order valence-corrected chi connectivity index (χ2v) is 9.00. The topological polar surface area (TPSA) is 9.23 Å². The first kappa shape index (κ1) is 21.5. The molecule has 0 unspecified atom stereocenters. The second kappa shape index (κ2) is 10.5. The predicted molar refractivity (Wildman–Crippen MR) is 111 cm³/mol. The van der Waals surface area contributed by atoms with E-state index in [4.69, 9.17) is 4.74 Å². The molecule has 156 valence electrons. The predicted octanol–water partition coefficient (Wildman–Crippen LogP) is 7.55. The van der Waals surface area contributed by atoms with Crippen LogP contribution in [0.5, 0.6) is 0 Å². The molecule has 0 amide bonds. The molecule has 2 saturated carbocycles. The molecule has 3 heteroatoms. The van der Waals surface area contributed by atoms with Gasteiger partial charge < -0.3 is 4.74 Å². The molecule has 2 aliphatic carbocycles. The van der Waals surface area contributed by atoms with E-state index in [1.807, 2.05) is 0 Å². The van der Waals surface area contributed by atoms with Gasteiger partial charge >= 0.3 is 0 Å². The van der Waals surface area contributed by atoms with Gasteiger partial charge in [0.2, 0.25) is 0 Å². The summed E-state index contributed by atoms with van der Waals surface area (Å²) in [5.74, 6) is 1.89. The average molecular weight is 391 g/mol. The molecular formula is C25H36F2O. The maximum absolute atomic E-state index is 14.2. The third-order valence-electron chi connectivity index (χ3n) is 7.11. The molecular weight excluding hydrogens is 354 g/mol. The zero-order valence-electron chi connectivity index (χ0n) is 17.6. The van der Waals surface area contributed by atoms with Gasteiger partial charge in [-0.05, 0) is 99.7 Å². The maximum atomic E-state index is 14.2. The molecule has 1 aromatic rings. The van der Waals surface area contributed by atoms with Gasteiger partial charge in [-0.3, -0.25) is 0 Å². The number of halogens is 2. The summed E-state index contributed by atoms with van der Waals surface area (Å²) < 4.78 is 33.3. The average Bonchev–Trinajstić information content (AvgIpc) is 2.71. The molecule has 28 heavy (non-hydrogen) atoms. The van der Waals surface area contributed by atoms with Gasteiger partial charge in [-0.25, -0.2) is 8.78 Å². The second-order valence-electron chi connectivity index (χ2n) is 9.00. The SMILES string of the molecule is C/C=C/[C@H]1CC[C@H](CCC2CCC(c3cc(F)c(COC)c(F)c3)CC2)CC1. The van der Waals surface area contributed by atoms with Crippen molar-refractivity contribution in [3.05, 3.63) is 47.0 Å². The molecule has 0 aliphatic heterocycles. The van der Waals surface area contributed by atoms with Gasteiger partial charge in [0, 0.05) is 12.7 Å². The smallest absolute Gasteiger partial charge is 0.131 e. The number of ether oxygens (including phenoxy) is 1. The van der Waals surface area contributed by atoms with E-state index in [0.29, 0.717) is 5.92 Å². The molecule has 3 rings (SSSR count). The molecule has 1 nitrogen and oxygen atoms in total. The maximum Gasteiger partial charge on any atom is 0.131 e. The molecule has 2 aliphatic rings. The normalized spacial score (nSPS) is 28.7. The summed E-state index contributed by atoms with van der Waals surface area (Å²) in [6, 6.07) is 3.07. The molecule has 0 heterocycles. The van der Waals surface area contributed by atoms with Crippen molar-refractivity contribution < 1.29 is 13.5 Å². The van der Waals surface area contributed by atoms with Crippen molar-refractivity contribution in [2.75, 3.05) is 7.11 Å². The standard InChI is InChI=1S/C25H36F2O/c1-3-4-18-5-7-19(8-6-18)9-10-20-11-13-21(14-12-20)22-15-24(26)23(17-28-2)25(27)16-22/h3-4,15-16,18-21H,5-14,17H2,1-2H3/b4-3+/t18-,19-,20?,21?. The Labute approximate surface area is 169 Å². The van der Waals surface area contributed by atoms with Crippen molar-refractivity contribution in [3.8, 4) is 0 Å². The first-order valence-electron chi connectivity index (χ1n) is 11.2. The monoisotopic (exact) mass is 390 g/mol. The number of methoxy groups -OCH3 is 1. The zero-order chi connectivity index (χ0) is 19.9. The van der Waals surface area contributed by atoms with E-state index in [2.05, 4.69) is 19.1 Å². The van der Waals surface area contributed by atoms with E-state index >= 15 is 0 Å². The van der Waals surface area contributed by atoms with E-state index < -0.39 is 11.6 Å². The van der Waals surface area contributed by atoms with Crippen LogP contribution in [-0.4, -0.2) is 7.11 Å². The first-order chi connectivity index (χ1) is 13.6. The summed E-state index contributed by atoms with van der Waals surface area (Å²) in [5, 5.41) is 0. The van der Waals surface area contributed by atoms with Crippen LogP contribution >= 0.6 is 0 Å². The quantitative estimate of drug-likeness (QED) is 0.437. The summed E-state index contributed by atoms with van der Waals surface area (Å²) in [6.45, 7) is 2.11. The highest BCUT2D eigenvalue weighted by Gasteiger charge is 2.26. The van der Waals surface area contributed by atoms with Crippen LogP contribution in [0.3, 0.4) is 0 Å². The Hall–Kier alpha value is -1.22. The van der Waals surface area contributed by atoms with Crippen LogP contribution in [-0.2, 0) is 11.3 Å². The van der Waals surface area contributed by atoms with Gasteiger partial charge in [-0.15, -0.1) is 0 Å². The Bertz CT molecular complexity index is 615. The minimum absolute atomic E-state index is 0.0126. The molecule has 0 bridgehead atoms. The summed E-state index contributed by atoms with van der Waals surface area (Å²) in [7, 11) is 1.46. The highest BCUT2D eigenvalue weighted by atomic mass is 19.1. The third-order valence-corrected chi connectivity index (χ3v) is 7.11. The molecule has 0 aromatic heterocycles. The van der Waals surface area contributed by atoms with E-state index in [9.17, 15) is 8.78 Å². The lowest BCUT2D eigenvalue weighted by molar-refractivity contribution is 0.177. The number of allylic oxidation sites excluding steroid dienone is 2. The van der Waals surface area contributed by atoms with Crippen molar-refractivity contribution >= 4 is 0 Å². The Morgan fingerprint density at radius 3 is 1.93 bits per heavy atom. The fraction of sp³-hybridized carbons (Fsp3) is 0.680. The van der Waals surface area contributed by atoms with Crippen LogP contribution in [0.4, 0.5) is 8.78 Å². The van der Waals surface area contributed by atoms with Crippen molar-refractivity contribution in [3.63, 3.8) is 0 Å². The van der Waals surface area contributed by atoms with Crippen LogP contribution in [0.1, 0.15) is 88.2 Å². The molecule has 0 spiro atoms. The summed E-state index contributed by atoms with van der Waals surface area (Å²) in [5.41, 5.74) is 0.875. The van der Waals surface area contributed by atoms with Gasteiger partial charge in [-0.2, -0.15) is 0 Å². The molecule has 0 saturated heterocycles. The molecule has 1 aromatic carbocycles. The van der Waals surface area contributed by atoms with Crippen LogP contribution in [0.2, 0.25) is 0 Å². The number of hydrogen-bond donors (Lipinski definition) is 0. The minimum Gasteiger partial charge on any atom is -0.380 e. The minimum atomic E-state index is -0.465. The Morgan fingerprint density at radius 2 is 1.43 bits per heavy atom. The van der Waals surface area contributed by atoms with E-state index in [1.165, 1.54) is 70.6 Å². The van der Waals surface area contributed by atoms with Crippen LogP contribution in [0.15, 0.2) is 24.3 Å². The fourth-order valence-corrected chi connectivity index (χ4v) is 5.34. The van der Waals surface area contributed by atoms with Crippen LogP contribution in [0.25, 0.3) is 0 Å². The van der Waals surface area contributed by atoms with E-state index in [1.54, 1.807) is 0 Å². The fourth-order valence-electron chi connectivity index (χ4n) is 5.34. The lowest BCUT2D eigenvalue weighted by Gasteiger charge is -2.31. The number of hydrogen-bond acceptors (Lipinski definition) is 1. The van der Waals surface area contributed by atoms with Gasteiger partial charge in [-0.1, -0.05) is 25.0 Å². The molecule has 2 fully saturated rings. The summed E-state index contributed by atoms with van der Waals surface area (Å²) >= 11 is 0. The molecule has 0 radical (unpaired) electrons. The summed E-state index contributed by atoms with van der Waals surface area (Å²) in [4.78, 5) is 0. The van der Waals surface area contributed by atoms with Gasteiger partial charge in [0.15, 0.2) is 0 Å². The van der Waals surface area contributed by atoms with Crippen molar-refractivity contribution in [1.82, 2.24) is 0 Å². The number of benzene rings is 1. The van der Waals surface area contributed by atoms with Gasteiger partial charge in [0.25, 0.3) is 0 Å². The van der Waals surface area contributed by atoms with Crippen LogP contribution < -0.4 is 0 Å². The van der Waals surface area contributed by atoms with E-state index in [-0.39, 0.29) is 12.2 Å². The summed E-state index contributed by atoms with van der Waals surface area (Å²) in [6.07, 6.45) is 17.3. The Kier molecular flexibility index (Phi) is 8.08. The third kappa shape index (κ3) is 5.65. The highest BCUT2D eigenvalue weighted by molar-refractivity contribution is 5.28. The van der Waals surface area contributed by atoms with Crippen LogP contribution in [0, 0.1) is 29.4 Å². The highest BCUT2D eigenvalue weighted by Crippen LogP contribution is 2.40. The largest absolute Gasteiger partial charge is 0.380 e. The molecule has 0 N–H and O–H groups in total. The number of rotatable bonds is 7. The lowest BCUT2D eigenvalue weighted by Crippen LogP contribution is -2.17. The lowest BCUT2D eigenvalue weighted by atomic mass is 9.74. The first-order valence-corrected chi connectivity index (χ1v) is 11.2. The van der Waals surface area contributed by atoms with Gasteiger partial charge in [0.1, 0.15) is 11.6 Å². The van der Waals surface area contributed by atoms with Crippen molar-refractivity contribution in [1.29, 1.82) is 0 Å². The van der Waals surface area contributed by atoms with E-state index in [0.717, 1.165) is 36.2 Å². The van der Waals surface area contributed by atoms with Crippen molar-refractivity contribution in [2.45, 2.75) is 83.7 Å².